The summed E-state index contributed by atoms with van der Waals surface area (Å²) in [5.74, 6) is 0.731. The number of hydrogen-bond acceptors (Lipinski definition) is 4. The molecule has 22 heavy (non-hydrogen) atoms. The Bertz CT molecular complexity index is 650. The molecule has 0 aliphatic carbocycles. The Morgan fingerprint density at radius 2 is 1.86 bits per heavy atom. The number of ether oxygens (including phenoxy) is 1. The summed E-state index contributed by atoms with van der Waals surface area (Å²) in [6, 6.07) is 4.85. The summed E-state index contributed by atoms with van der Waals surface area (Å²) in [6.07, 6.45) is 0.449. The number of benzene rings is 1. The van der Waals surface area contributed by atoms with Crippen molar-refractivity contribution in [3.8, 4) is 5.75 Å². The number of carbonyl (C=O) groups is 1. The topological polar surface area (TPSA) is 66.9 Å². The van der Waals surface area contributed by atoms with Gasteiger partial charge in [0.15, 0.2) is 0 Å². The van der Waals surface area contributed by atoms with Crippen LogP contribution >= 0.6 is 0 Å². The van der Waals surface area contributed by atoms with Crippen LogP contribution in [-0.4, -0.2) is 56.8 Å². The van der Waals surface area contributed by atoms with E-state index in [1.165, 1.54) is 4.31 Å². The van der Waals surface area contributed by atoms with Crippen LogP contribution in [0, 0.1) is 6.92 Å². The van der Waals surface area contributed by atoms with Crippen molar-refractivity contribution in [3.63, 3.8) is 0 Å². The molecule has 1 heterocycles. The van der Waals surface area contributed by atoms with Gasteiger partial charge < -0.3 is 9.64 Å². The molecular formula is C15H22N2O4S. The van der Waals surface area contributed by atoms with Crippen molar-refractivity contribution >= 4 is 15.9 Å². The number of rotatable bonds is 4. The number of piperazine rings is 1. The fourth-order valence-electron chi connectivity index (χ4n) is 2.56. The zero-order chi connectivity index (χ0) is 16.3. The van der Waals surface area contributed by atoms with Crippen LogP contribution in [0.2, 0.25) is 0 Å². The van der Waals surface area contributed by atoms with Gasteiger partial charge in [-0.25, -0.2) is 8.42 Å². The van der Waals surface area contributed by atoms with Crippen molar-refractivity contribution in [1.82, 2.24) is 9.21 Å². The summed E-state index contributed by atoms with van der Waals surface area (Å²) < 4.78 is 31.9. The number of carbonyl (C=O) groups excluding carboxylic acids is 1. The molecule has 0 N–H and O–H groups in total. The fourth-order valence-corrected chi connectivity index (χ4v) is 4.07. The average molecular weight is 326 g/mol. The van der Waals surface area contributed by atoms with Gasteiger partial charge in [-0.3, -0.25) is 4.79 Å². The highest BCUT2D eigenvalue weighted by atomic mass is 32.2. The first kappa shape index (κ1) is 16.8. The maximum Gasteiger partial charge on any atom is 0.243 e. The van der Waals surface area contributed by atoms with Crippen molar-refractivity contribution in [2.45, 2.75) is 25.2 Å². The quantitative estimate of drug-likeness (QED) is 0.835. The number of sulfonamides is 1. The van der Waals surface area contributed by atoms with E-state index < -0.39 is 10.0 Å². The normalized spacial score (nSPS) is 16.6. The first-order valence-corrected chi connectivity index (χ1v) is 8.76. The van der Waals surface area contributed by atoms with Crippen LogP contribution in [0.4, 0.5) is 0 Å². The van der Waals surface area contributed by atoms with Crippen molar-refractivity contribution in [2.75, 3.05) is 33.3 Å². The molecule has 0 bridgehead atoms. The molecule has 1 aliphatic heterocycles. The van der Waals surface area contributed by atoms with E-state index in [9.17, 15) is 13.2 Å². The number of nitrogens with zero attached hydrogens (tertiary/aromatic N) is 2. The summed E-state index contributed by atoms with van der Waals surface area (Å²) in [7, 11) is -1.97. The highest BCUT2D eigenvalue weighted by Gasteiger charge is 2.29. The summed E-state index contributed by atoms with van der Waals surface area (Å²) in [5, 5.41) is 0. The molecule has 0 radical (unpaired) electrons. The van der Waals surface area contributed by atoms with Gasteiger partial charge in [0.25, 0.3) is 0 Å². The van der Waals surface area contributed by atoms with Crippen LogP contribution in [0.15, 0.2) is 23.1 Å². The van der Waals surface area contributed by atoms with Gasteiger partial charge in [-0.2, -0.15) is 4.31 Å². The monoisotopic (exact) mass is 326 g/mol. The lowest BCUT2D eigenvalue weighted by molar-refractivity contribution is -0.132. The standard InChI is InChI=1S/C15H22N2O4S/c1-4-15(18)16-7-9-17(10-8-16)22(19,20)13-5-6-14(21-3)12(2)11-13/h5-6,11H,4,7-10H2,1-3H3. The van der Waals surface area contributed by atoms with E-state index >= 15 is 0 Å². The maximum atomic E-state index is 12.7. The Morgan fingerprint density at radius 1 is 1.23 bits per heavy atom. The highest BCUT2D eigenvalue weighted by molar-refractivity contribution is 7.89. The zero-order valence-corrected chi connectivity index (χ0v) is 14.0. The summed E-state index contributed by atoms with van der Waals surface area (Å²) in [6.45, 7) is 5.18. The third-order valence-corrected chi connectivity index (χ3v) is 5.79. The van der Waals surface area contributed by atoms with E-state index in [2.05, 4.69) is 0 Å². The smallest absolute Gasteiger partial charge is 0.243 e. The van der Waals surface area contributed by atoms with E-state index in [1.54, 1.807) is 30.2 Å². The van der Waals surface area contributed by atoms with Gasteiger partial charge in [-0.15, -0.1) is 0 Å². The molecule has 2 rings (SSSR count). The lowest BCUT2D eigenvalue weighted by Gasteiger charge is -2.34. The second kappa shape index (κ2) is 6.66. The molecule has 1 amide bonds. The summed E-state index contributed by atoms with van der Waals surface area (Å²) >= 11 is 0. The SMILES string of the molecule is CCC(=O)N1CCN(S(=O)(=O)c2ccc(OC)c(C)c2)CC1. The van der Waals surface area contributed by atoms with Crippen molar-refractivity contribution in [2.24, 2.45) is 0 Å². The van der Waals surface area contributed by atoms with Gasteiger partial charge in [0.05, 0.1) is 12.0 Å². The number of aryl methyl sites for hydroxylation is 1. The van der Waals surface area contributed by atoms with Gasteiger partial charge in [0, 0.05) is 32.6 Å². The van der Waals surface area contributed by atoms with Gasteiger partial charge in [-0.05, 0) is 30.7 Å². The van der Waals surface area contributed by atoms with E-state index in [0.29, 0.717) is 38.3 Å². The fraction of sp³-hybridized carbons (Fsp3) is 0.533. The highest BCUT2D eigenvalue weighted by Crippen LogP contribution is 2.24. The van der Waals surface area contributed by atoms with E-state index in [0.717, 1.165) is 5.56 Å². The Hall–Kier alpha value is -1.60. The minimum Gasteiger partial charge on any atom is -0.496 e. The van der Waals surface area contributed by atoms with E-state index in [-0.39, 0.29) is 10.8 Å². The lowest BCUT2D eigenvalue weighted by atomic mass is 10.2. The minimum atomic E-state index is -3.53. The second-order valence-electron chi connectivity index (χ2n) is 5.27. The molecule has 122 valence electrons. The molecule has 0 unspecified atom stereocenters. The Kier molecular flexibility index (Phi) is 5.08. The number of methoxy groups -OCH3 is 1. The van der Waals surface area contributed by atoms with Crippen LogP contribution in [0.25, 0.3) is 0 Å². The Balaban J connectivity index is 2.15. The largest absolute Gasteiger partial charge is 0.496 e. The second-order valence-corrected chi connectivity index (χ2v) is 7.21. The minimum absolute atomic E-state index is 0.0670. The van der Waals surface area contributed by atoms with Crippen LogP contribution in [-0.2, 0) is 14.8 Å². The molecule has 1 fully saturated rings. The van der Waals surface area contributed by atoms with Gasteiger partial charge in [0.1, 0.15) is 5.75 Å². The molecule has 7 heteroatoms. The van der Waals surface area contributed by atoms with Crippen LogP contribution in [0.5, 0.6) is 5.75 Å². The molecule has 0 spiro atoms. The van der Waals surface area contributed by atoms with Crippen molar-refractivity contribution in [3.05, 3.63) is 23.8 Å². The molecule has 1 aromatic rings. The molecule has 0 atom stereocenters. The first-order valence-electron chi connectivity index (χ1n) is 7.32. The van der Waals surface area contributed by atoms with Crippen molar-refractivity contribution < 1.29 is 17.9 Å². The zero-order valence-electron chi connectivity index (χ0n) is 13.2. The third kappa shape index (κ3) is 3.25. The Labute approximate surface area is 131 Å². The predicted octanol–water partition coefficient (Wildman–Crippen LogP) is 1.25. The molecule has 1 aliphatic rings. The number of hydrogen-bond donors (Lipinski definition) is 0. The first-order chi connectivity index (χ1) is 10.4. The van der Waals surface area contributed by atoms with Crippen molar-refractivity contribution in [1.29, 1.82) is 0 Å². The van der Waals surface area contributed by atoms with Crippen LogP contribution < -0.4 is 4.74 Å². The molecule has 0 saturated carbocycles. The van der Waals surface area contributed by atoms with Gasteiger partial charge in [-0.1, -0.05) is 6.92 Å². The summed E-state index contributed by atoms with van der Waals surface area (Å²) in [4.78, 5) is 13.6. The molecule has 1 saturated heterocycles. The van der Waals surface area contributed by atoms with Crippen LogP contribution in [0.1, 0.15) is 18.9 Å². The summed E-state index contributed by atoms with van der Waals surface area (Å²) in [5.41, 5.74) is 0.781. The molecule has 1 aromatic carbocycles. The maximum absolute atomic E-state index is 12.7. The predicted molar refractivity (Wildman–Crippen MR) is 83.4 cm³/mol. The van der Waals surface area contributed by atoms with Gasteiger partial charge in [0.2, 0.25) is 15.9 Å². The molecule has 6 nitrogen and oxygen atoms in total. The van der Waals surface area contributed by atoms with E-state index in [4.69, 9.17) is 4.74 Å². The lowest BCUT2D eigenvalue weighted by Crippen LogP contribution is -2.50. The third-order valence-electron chi connectivity index (χ3n) is 3.90. The molecule has 0 aromatic heterocycles. The van der Waals surface area contributed by atoms with Crippen LogP contribution in [0.3, 0.4) is 0 Å². The number of amides is 1. The average Bonchev–Trinajstić information content (AvgIpc) is 2.54. The Morgan fingerprint density at radius 3 is 2.36 bits per heavy atom. The van der Waals surface area contributed by atoms with E-state index in [1.807, 2.05) is 13.8 Å². The molecular weight excluding hydrogens is 304 g/mol. The van der Waals surface area contributed by atoms with Gasteiger partial charge >= 0.3 is 0 Å².